The van der Waals surface area contributed by atoms with Gasteiger partial charge in [-0.05, 0) is 23.6 Å². The molecule has 0 aliphatic carbocycles. The number of aryl methyl sites for hydroxylation is 1. The van der Waals surface area contributed by atoms with Gasteiger partial charge in [0.2, 0.25) is 5.91 Å². The predicted molar refractivity (Wildman–Crippen MR) is 120 cm³/mol. The first kappa shape index (κ1) is 22.1. The van der Waals surface area contributed by atoms with E-state index in [9.17, 15) is 13.2 Å². The third-order valence-electron chi connectivity index (χ3n) is 4.50. The van der Waals surface area contributed by atoms with E-state index in [2.05, 4.69) is 9.71 Å². The summed E-state index contributed by atoms with van der Waals surface area (Å²) in [5.41, 5.74) is 8.79. The first-order chi connectivity index (χ1) is 14.3. The van der Waals surface area contributed by atoms with Gasteiger partial charge in [-0.1, -0.05) is 65.9 Å². The molecule has 0 aliphatic heterocycles. The molecule has 9 heteroatoms. The Bertz CT molecular complexity index is 1110. The van der Waals surface area contributed by atoms with E-state index in [1.54, 1.807) is 14.0 Å². The summed E-state index contributed by atoms with van der Waals surface area (Å²) in [6, 6.07) is 17.8. The molecule has 0 saturated carbocycles. The Kier molecular flexibility index (Phi) is 6.99. The Morgan fingerprint density at radius 3 is 2.37 bits per heavy atom. The zero-order valence-electron chi connectivity index (χ0n) is 16.8. The van der Waals surface area contributed by atoms with E-state index < -0.39 is 10.0 Å². The molecule has 2 aromatic carbocycles. The van der Waals surface area contributed by atoms with Crippen LogP contribution in [-0.4, -0.2) is 39.4 Å². The fourth-order valence-corrected chi connectivity index (χ4v) is 5.44. The fraction of sp³-hybridized carbons (Fsp3) is 0.238. The summed E-state index contributed by atoms with van der Waals surface area (Å²) in [7, 11) is -2.09. The van der Waals surface area contributed by atoms with Crippen molar-refractivity contribution < 1.29 is 13.2 Å². The number of rotatable bonds is 8. The number of amides is 1. The van der Waals surface area contributed by atoms with Crippen molar-refractivity contribution in [2.24, 2.45) is 5.73 Å². The number of nitrogens with one attached hydrogen (secondary N) is 1. The summed E-state index contributed by atoms with van der Waals surface area (Å²) in [5.74, 6) is -0.171. The summed E-state index contributed by atoms with van der Waals surface area (Å²) in [4.78, 5) is 18.4. The van der Waals surface area contributed by atoms with Crippen molar-refractivity contribution in [3.05, 3.63) is 65.9 Å². The minimum absolute atomic E-state index is 0.0952. The second-order valence-corrected chi connectivity index (χ2v) is 9.69. The van der Waals surface area contributed by atoms with Crippen LogP contribution >= 0.6 is 11.3 Å². The maximum Gasteiger partial charge on any atom is 0.252 e. The number of hydrogen-bond donors (Lipinski definition) is 2. The van der Waals surface area contributed by atoms with Crippen LogP contribution in [0.2, 0.25) is 0 Å². The molecule has 0 fully saturated rings. The number of likely N-dealkylation sites (N-methyl/N-ethyl adjacent to an activating group) is 1. The van der Waals surface area contributed by atoms with Gasteiger partial charge in [0, 0.05) is 20.1 Å². The third-order valence-corrected chi connectivity index (χ3v) is 7.81. The third kappa shape index (κ3) is 5.11. The topological polar surface area (TPSA) is 105 Å². The Labute approximate surface area is 180 Å². The van der Waals surface area contributed by atoms with Crippen LogP contribution in [-0.2, 0) is 21.2 Å². The molecule has 0 aliphatic rings. The van der Waals surface area contributed by atoms with Crippen molar-refractivity contribution in [2.75, 3.05) is 25.0 Å². The summed E-state index contributed by atoms with van der Waals surface area (Å²) in [5, 5.41) is 0.339. The number of aromatic nitrogens is 1. The van der Waals surface area contributed by atoms with Crippen LogP contribution in [0.4, 0.5) is 5.13 Å². The van der Waals surface area contributed by atoms with Crippen molar-refractivity contribution in [3.63, 3.8) is 0 Å². The highest BCUT2D eigenvalue weighted by atomic mass is 32.2. The van der Waals surface area contributed by atoms with E-state index in [0.717, 1.165) is 28.0 Å². The average Bonchev–Trinajstić information content (AvgIpc) is 3.15. The van der Waals surface area contributed by atoms with Crippen molar-refractivity contribution >= 4 is 32.4 Å². The lowest BCUT2D eigenvalue weighted by atomic mass is 10.0. The van der Waals surface area contributed by atoms with Gasteiger partial charge in [-0.2, -0.15) is 0 Å². The number of carbonyl (C=O) groups is 1. The molecule has 0 bridgehead atoms. The lowest BCUT2D eigenvalue weighted by molar-refractivity contribution is -0.117. The molecular formula is C21H24N4O3S2. The van der Waals surface area contributed by atoms with Gasteiger partial charge >= 0.3 is 0 Å². The molecule has 3 N–H and O–H groups in total. The number of anilines is 1. The molecule has 0 spiro atoms. The number of carbonyl (C=O) groups excluding carboxylic acids is 1. The molecule has 158 valence electrons. The monoisotopic (exact) mass is 444 g/mol. The van der Waals surface area contributed by atoms with E-state index in [0.29, 0.717) is 10.8 Å². The zero-order chi connectivity index (χ0) is 21.7. The molecule has 0 saturated heterocycles. The largest absolute Gasteiger partial charge is 0.329 e. The van der Waals surface area contributed by atoms with Gasteiger partial charge in [-0.25, -0.2) is 18.1 Å². The number of thiazole rings is 1. The van der Waals surface area contributed by atoms with Gasteiger partial charge in [0.1, 0.15) is 0 Å². The van der Waals surface area contributed by atoms with Gasteiger partial charge in [-0.15, -0.1) is 0 Å². The first-order valence-electron chi connectivity index (χ1n) is 9.40. The van der Waals surface area contributed by atoms with Gasteiger partial charge in [-0.3, -0.25) is 9.69 Å². The molecule has 0 unspecified atom stereocenters. The predicted octanol–water partition coefficient (Wildman–Crippen LogP) is 2.56. The summed E-state index contributed by atoms with van der Waals surface area (Å²) < 4.78 is 27.2. The van der Waals surface area contributed by atoms with Crippen molar-refractivity contribution in [3.8, 4) is 11.1 Å². The van der Waals surface area contributed by atoms with Crippen LogP contribution in [0.15, 0.2) is 58.8 Å². The summed E-state index contributed by atoms with van der Waals surface area (Å²) >= 11 is 0.966. The molecule has 0 atom stereocenters. The number of nitrogens with two attached hydrogens (primary N) is 1. The zero-order valence-corrected chi connectivity index (χ0v) is 18.5. The van der Waals surface area contributed by atoms with E-state index in [4.69, 9.17) is 5.73 Å². The SMILES string of the molecule is Cc1nc(N(C)C(=O)Cc2ccc(-c3ccccc3)cc2)sc1S(=O)(=O)NCCN. The summed E-state index contributed by atoms with van der Waals surface area (Å²) in [6.07, 6.45) is 0.192. The second-order valence-electron chi connectivity index (χ2n) is 6.75. The lowest BCUT2D eigenvalue weighted by Crippen LogP contribution is -2.29. The van der Waals surface area contributed by atoms with E-state index in [1.807, 2.05) is 54.6 Å². The van der Waals surface area contributed by atoms with Crippen LogP contribution in [0.3, 0.4) is 0 Å². The first-order valence-corrected chi connectivity index (χ1v) is 11.7. The van der Waals surface area contributed by atoms with Gasteiger partial charge in [0.15, 0.2) is 9.34 Å². The molecule has 7 nitrogen and oxygen atoms in total. The normalized spacial score (nSPS) is 11.4. The number of sulfonamides is 1. The Hall–Kier alpha value is -2.59. The smallest absolute Gasteiger partial charge is 0.252 e. The standard InChI is InChI=1S/C21H24N4O3S2/c1-15-20(30(27,28)23-13-12-22)29-21(24-15)25(2)19(26)14-16-8-10-18(11-9-16)17-6-4-3-5-7-17/h3-11,23H,12-14,22H2,1-2H3. The van der Waals surface area contributed by atoms with Crippen molar-refractivity contribution in [1.29, 1.82) is 0 Å². The highest BCUT2D eigenvalue weighted by molar-refractivity contribution is 7.91. The molecule has 0 radical (unpaired) electrons. The minimum atomic E-state index is -3.69. The quantitative estimate of drug-likeness (QED) is 0.556. The van der Waals surface area contributed by atoms with Crippen molar-refractivity contribution in [1.82, 2.24) is 9.71 Å². The van der Waals surface area contributed by atoms with Crippen molar-refractivity contribution in [2.45, 2.75) is 17.6 Å². The van der Waals surface area contributed by atoms with E-state index >= 15 is 0 Å². The molecule has 1 heterocycles. The van der Waals surface area contributed by atoms with Gasteiger partial charge in [0.05, 0.1) is 12.1 Å². The number of hydrogen-bond acceptors (Lipinski definition) is 6. The van der Waals surface area contributed by atoms with Crippen LogP contribution in [0.25, 0.3) is 11.1 Å². The van der Waals surface area contributed by atoms with E-state index in [-0.39, 0.29) is 29.6 Å². The molecule has 30 heavy (non-hydrogen) atoms. The molecule has 1 aromatic heterocycles. The molecule has 1 amide bonds. The maximum atomic E-state index is 12.7. The summed E-state index contributed by atoms with van der Waals surface area (Å²) in [6.45, 7) is 1.95. The Balaban J connectivity index is 1.71. The fourth-order valence-electron chi connectivity index (χ4n) is 2.87. The highest BCUT2D eigenvalue weighted by Crippen LogP contribution is 2.29. The Morgan fingerprint density at radius 2 is 1.73 bits per heavy atom. The highest BCUT2D eigenvalue weighted by Gasteiger charge is 2.24. The maximum absolute atomic E-state index is 12.7. The molecule has 3 aromatic rings. The van der Waals surface area contributed by atoms with Gasteiger partial charge < -0.3 is 5.73 Å². The van der Waals surface area contributed by atoms with Crippen LogP contribution in [0.5, 0.6) is 0 Å². The molecular weight excluding hydrogens is 420 g/mol. The van der Waals surface area contributed by atoms with Crippen LogP contribution in [0.1, 0.15) is 11.3 Å². The average molecular weight is 445 g/mol. The lowest BCUT2D eigenvalue weighted by Gasteiger charge is -2.14. The number of nitrogens with zero attached hydrogens (tertiary/aromatic N) is 2. The second kappa shape index (κ2) is 9.48. The minimum Gasteiger partial charge on any atom is -0.329 e. The molecule has 3 rings (SSSR count). The number of benzene rings is 2. The van der Waals surface area contributed by atoms with Crippen LogP contribution in [0, 0.1) is 6.92 Å². The van der Waals surface area contributed by atoms with Gasteiger partial charge in [0.25, 0.3) is 10.0 Å². The van der Waals surface area contributed by atoms with E-state index in [1.165, 1.54) is 4.90 Å². The Morgan fingerprint density at radius 1 is 1.10 bits per heavy atom. The van der Waals surface area contributed by atoms with Crippen LogP contribution < -0.4 is 15.4 Å².